The summed E-state index contributed by atoms with van der Waals surface area (Å²) in [5.41, 5.74) is 1.63. The van der Waals surface area contributed by atoms with Crippen LogP contribution in [-0.2, 0) is 19.0 Å². The molecule has 6 rings (SSSR count). The molecule has 3 aromatic rings. The highest BCUT2D eigenvalue weighted by atomic mass is 35.5. The number of hydrogen-bond acceptors (Lipinski definition) is 9. The van der Waals surface area contributed by atoms with Crippen molar-refractivity contribution in [3.8, 4) is 5.75 Å². The van der Waals surface area contributed by atoms with Crippen LogP contribution in [0.4, 0.5) is 21.6 Å². The molecular formula is C28H29ClFN5O5. The average molecular weight is 570 g/mol. The summed E-state index contributed by atoms with van der Waals surface area (Å²) in [6.45, 7) is 4.49. The fraction of sp³-hybridized carbons (Fsp3) is 0.393. The molecular weight excluding hydrogens is 541 g/mol. The number of fused-ring (bicyclic) bond motifs is 2. The number of nitrogens with zero attached hydrogens (tertiary/aromatic N) is 3. The van der Waals surface area contributed by atoms with E-state index in [1.807, 2.05) is 6.08 Å². The van der Waals surface area contributed by atoms with E-state index in [-0.39, 0.29) is 29.2 Å². The lowest BCUT2D eigenvalue weighted by molar-refractivity contribution is -0.116. The van der Waals surface area contributed by atoms with Crippen LogP contribution in [0, 0.1) is 5.82 Å². The number of rotatable bonds is 8. The minimum absolute atomic E-state index is 0.00897. The van der Waals surface area contributed by atoms with Gasteiger partial charge in [0.05, 0.1) is 54.9 Å². The topological polar surface area (TPSA) is 107 Å². The predicted molar refractivity (Wildman–Crippen MR) is 148 cm³/mol. The number of amides is 1. The number of carbonyl (C=O) groups excluding carboxylic acids is 1. The Labute approximate surface area is 235 Å². The summed E-state index contributed by atoms with van der Waals surface area (Å²) in [6, 6.07) is 7.85. The van der Waals surface area contributed by atoms with E-state index in [1.165, 1.54) is 24.5 Å². The van der Waals surface area contributed by atoms with Crippen LogP contribution in [0.1, 0.15) is 6.42 Å². The van der Waals surface area contributed by atoms with E-state index in [2.05, 4.69) is 25.5 Å². The first-order chi connectivity index (χ1) is 19.5. The van der Waals surface area contributed by atoms with E-state index < -0.39 is 5.82 Å². The van der Waals surface area contributed by atoms with E-state index in [0.29, 0.717) is 66.8 Å². The summed E-state index contributed by atoms with van der Waals surface area (Å²) in [5.74, 6) is 0.138. The van der Waals surface area contributed by atoms with Gasteiger partial charge in [-0.25, -0.2) is 14.4 Å². The first-order valence-corrected chi connectivity index (χ1v) is 13.6. The predicted octanol–water partition coefficient (Wildman–Crippen LogP) is 3.93. The maximum absolute atomic E-state index is 13.7. The summed E-state index contributed by atoms with van der Waals surface area (Å²) in [6.07, 6.45) is 5.55. The van der Waals surface area contributed by atoms with Gasteiger partial charge in [0.15, 0.2) is 0 Å². The summed E-state index contributed by atoms with van der Waals surface area (Å²) < 4.78 is 36.9. The van der Waals surface area contributed by atoms with Crippen molar-refractivity contribution in [2.45, 2.75) is 24.7 Å². The second kappa shape index (κ2) is 12.0. The zero-order valence-electron chi connectivity index (χ0n) is 21.6. The molecule has 210 valence electrons. The van der Waals surface area contributed by atoms with Gasteiger partial charge in [0.25, 0.3) is 0 Å². The lowest BCUT2D eigenvalue weighted by Gasteiger charge is -2.24. The molecule has 3 atom stereocenters. The fourth-order valence-electron chi connectivity index (χ4n) is 5.04. The Morgan fingerprint density at radius 1 is 1.15 bits per heavy atom. The molecule has 2 N–H and O–H groups in total. The Morgan fingerprint density at radius 2 is 1.98 bits per heavy atom. The molecule has 3 unspecified atom stereocenters. The van der Waals surface area contributed by atoms with E-state index in [0.717, 1.165) is 19.5 Å². The van der Waals surface area contributed by atoms with Gasteiger partial charge in [-0.2, -0.15) is 0 Å². The number of ether oxygens (including phenoxy) is 4. The molecule has 12 heteroatoms. The zero-order chi connectivity index (χ0) is 27.5. The molecule has 0 aliphatic carbocycles. The van der Waals surface area contributed by atoms with Crippen molar-refractivity contribution in [3.05, 3.63) is 59.7 Å². The van der Waals surface area contributed by atoms with Gasteiger partial charge in [0.2, 0.25) is 5.91 Å². The van der Waals surface area contributed by atoms with Crippen molar-refractivity contribution in [1.82, 2.24) is 14.9 Å². The van der Waals surface area contributed by atoms with E-state index in [4.69, 9.17) is 30.5 Å². The third-order valence-corrected chi connectivity index (χ3v) is 7.32. The van der Waals surface area contributed by atoms with Gasteiger partial charge in [-0.3, -0.25) is 9.69 Å². The summed E-state index contributed by atoms with van der Waals surface area (Å²) in [7, 11) is 0. The third-order valence-electron chi connectivity index (χ3n) is 7.03. The molecule has 0 spiro atoms. The Kier molecular flexibility index (Phi) is 8.08. The minimum atomic E-state index is -0.514. The van der Waals surface area contributed by atoms with Gasteiger partial charge in [-0.1, -0.05) is 17.7 Å². The van der Waals surface area contributed by atoms with Crippen molar-refractivity contribution >= 4 is 45.6 Å². The van der Waals surface area contributed by atoms with Gasteiger partial charge >= 0.3 is 0 Å². The Morgan fingerprint density at radius 3 is 2.73 bits per heavy atom. The first-order valence-electron chi connectivity index (χ1n) is 13.2. The number of likely N-dealkylation sites (tertiary alicyclic amines) is 1. The van der Waals surface area contributed by atoms with E-state index >= 15 is 0 Å². The lowest BCUT2D eigenvalue weighted by Crippen LogP contribution is -2.36. The molecule has 0 bridgehead atoms. The highest BCUT2D eigenvalue weighted by molar-refractivity contribution is 6.31. The van der Waals surface area contributed by atoms with Crippen molar-refractivity contribution in [1.29, 1.82) is 0 Å². The minimum Gasteiger partial charge on any atom is -0.486 e. The van der Waals surface area contributed by atoms with Gasteiger partial charge in [-0.15, -0.1) is 0 Å². The monoisotopic (exact) mass is 569 g/mol. The molecule has 0 saturated carbocycles. The van der Waals surface area contributed by atoms with Crippen molar-refractivity contribution in [2.24, 2.45) is 0 Å². The summed E-state index contributed by atoms with van der Waals surface area (Å²) >= 11 is 5.95. The molecule has 40 heavy (non-hydrogen) atoms. The van der Waals surface area contributed by atoms with Crippen molar-refractivity contribution < 1.29 is 28.1 Å². The molecule has 3 aliphatic heterocycles. The SMILES string of the molecule is O=C(C=CCN1CC2OCCOC2C1)Nc1cc2c(Nc3ccc(F)c(Cl)c3)ncnc2cc1OC1CCOC1. The van der Waals surface area contributed by atoms with Crippen LogP contribution in [0.15, 0.2) is 48.8 Å². The number of nitrogens with one attached hydrogen (secondary N) is 2. The second-order valence-corrected chi connectivity index (χ2v) is 10.3. The van der Waals surface area contributed by atoms with Gasteiger partial charge < -0.3 is 29.6 Å². The largest absolute Gasteiger partial charge is 0.486 e. The molecule has 1 amide bonds. The molecule has 3 saturated heterocycles. The van der Waals surface area contributed by atoms with E-state index in [1.54, 1.807) is 18.2 Å². The van der Waals surface area contributed by atoms with Crippen molar-refractivity contribution in [2.75, 3.05) is 56.7 Å². The number of aromatic nitrogens is 2. The van der Waals surface area contributed by atoms with Crippen LogP contribution in [-0.4, -0.2) is 85.1 Å². The highest BCUT2D eigenvalue weighted by Gasteiger charge is 2.35. The average Bonchev–Trinajstić information content (AvgIpc) is 3.61. The molecule has 4 heterocycles. The Bertz CT molecular complexity index is 1410. The van der Waals surface area contributed by atoms with Gasteiger partial charge in [0, 0.05) is 49.3 Å². The number of carbonyl (C=O) groups is 1. The number of benzene rings is 2. The molecule has 2 aromatic carbocycles. The van der Waals surface area contributed by atoms with Gasteiger partial charge in [-0.05, 0) is 24.3 Å². The normalized spacial score (nSPS) is 23.0. The second-order valence-electron chi connectivity index (χ2n) is 9.87. The number of halogens is 2. The molecule has 10 nitrogen and oxygen atoms in total. The quantitative estimate of drug-likeness (QED) is 0.390. The molecule has 3 fully saturated rings. The van der Waals surface area contributed by atoms with Crippen LogP contribution in [0.25, 0.3) is 10.9 Å². The zero-order valence-corrected chi connectivity index (χ0v) is 22.4. The Hall–Kier alpha value is -3.35. The smallest absolute Gasteiger partial charge is 0.248 e. The number of anilines is 3. The first kappa shape index (κ1) is 26.9. The fourth-order valence-corrected chi connectivity index (χ4v) is 5.23. The molecule has 0 radical (unpaired) electrons. The standard InChI is InChI=1S/C28H29ClFN5O5/c29-20-10-17(3-4-21(20)30)33-28-19-11-23(24(12-22(19)31-16-32-28)40-18-5-7-37-15-18)34-27(36)2-1-6-35-13-25-26(14-35)39-9-8-38-25/h1-4,10-12,16,18,25-26H,5-9,13-15H2,(H,34,36)(H,31,32,33). The lowest BCUT2D eigenvalue weighted by atomic mass is 10.1. The molecule has 1 aromatic heterocycles. The van der Waals surface area contributed by atoms with Crippen molar-refractivity contribution in [3.63, 3.8) is 0 Å². The molecule has 3 aliphatic rings. The van der Waals surface area contributed by atoms with Crippen LogP contribution in [0.2, 0.25) is 5.02 Å². The maximum atomic E-state index is 13.7. The van der Waals surface area contributed by atoms with Gasteiger partial charge in [0.1, 0.15) is 29.8 Å². The van der Waals surface area contributed by atoms with E-state index in [9.17, 15) is 9.18 Å². The van der Waals surface area contributed by atoms with Crippen LogP contribution in [0.5, 0.6) is 5.75 Å². The van der Waals surface area contributed by atoms with Crippen LogP contribution >= 0.6 is 11.6 Å². The Balaban J connectivity index is 1.21. The van der Waals surface area contributed by atoms with Crippen LogP contribution < -0.4 is 15.4 Å². The summed E-state index contributed by atoms with van der Waals surface area (Å²) in [5, 5.41) is 6.73. The highest BCUT2D eigenvalue weighted by Crippen LogP contribution is 2.35. The third kappa shape index (κ3) is 6.18. The maximum Gasteiger partial charge on any atom is 0.248 e. The number of hydrogen-bond donors (Lipinski definition) is 2. The summed E-state index contributed by atoms with van der Waals surface area (Å²) in [4.78, 5) is 23.9. The van der Waals surface area contributed by atoms with Crippen LogP contribution in [0.3, 0.4) is 0 Å².